The van der Waals surface area contributed by atoms with Gasteiger partial charge in [0, 0.05) is 31.2 Å². The van der Waals surface area contributed by atoms with Crippen molar-refractivity contribution in [2.75, 3.05) is 11.9 Å². The molecule has 1 aliphatic carbocycles. The Morgan fingerprint density at radius 1 is 1.03 bits per heavy atom. The molecule has 1 heterocycles. The molecular formula is C28H32N2O8. The lowest BCUT2D eigenvalue weighted by atomic mass is 9.92. The lowest BCUT2D eigenvalue weighted by molar-refractivity contribution is -0.134. The summed E-state index contributed by atoms with van der Waals surface area (Å²) < 4.78 is 0. The first-order valence-electron chi connectivity index (χ1n) is 12.4. The molecule has 10 nitrogen and oxygen atoms in total. The van der Waals surface area contributed by atoms with Crippen LogP contribution in [0.5, 0.6) is 5.75 Å². The Morgan fingerprint density at radius 2 is 1.58 bits per heavy atom. The molecular weight excluding hydrogens is 492 g/mol. The standard InChI is InChI=1S/C24H28N2O4.C4H4O4/c1-3-13-7-15-9-17(10-16(15)8-14(13)4-2)25-12-22(29)18-5-6-20(27)23-19(18)11-21(28)24(30)26-23;5-3(6)1-2-4(7)8/h5-8,17,22,25,27,29H,3-4,9-12H2,1-2H3,(H,26,30);1-2H,(H,5,6)(H,7,8)/b;2-1-/t22-;/m0./s1. The molecule has 2 aliphatic rings. The monoisotopic (exact) mass is 524 g/mol. The summed E-state index contributed by atoms with van der Waals surface area (Å²) >= 11 is 0. The number of hydrogen-bond donors (Lipinski definition) is 6. The number of anilines is 1. The summed E-state index contributed by atoms with van der Waals surface area (Å²) in [5.41, 5.74) is 6.87. The molecule has 202 valence electrons. The van der Waals surface area contributed by atoms with Crippen molar-refractivity contribution >= 4 is 29.3 Å². The van der Waals surface area contributed by atoms with Crippen LogP contribution in [0.15, 0.2) is 36.4 Å². The summed E-state index contributed by atoms with van der Waals surface area (Å²) in [6.45, 7) is 4.71. The molecule has 1 atom stereocenters. The first-order valence-corrected chi connectivity index (χ1v) is 12.4. The second kappa shape index (κ2) is 12.5. The SMILES string of the molecule is CCc1cc2c(cc1CC)CC(NC[C@H](O)c1ccc(O)c3c1CC(=O)C(=O)N3)C2.O=C(O)/C=C\C(=O)O. The molecule has 1 amide bonds. The molecule has 0 saturated carbocycles. The van der Waals surface area contributed by atoms with Crippen molar-refractivity contribution in [1.29, 1.82) is 0 Å². The number of fused-ring (bicyclic) bond motifs is 2. The smallest absolute Gasteiger partial charge is 0.328 e. The molecule has 2 aromatic rings. The zero-order valence-electron chi connectivity index (χ0n) is 21.3. The van der Waals surface area contributed by atoms with E-state index in [1.165, 1.54) is 28.3 Å². The van der Waals surface area contributed by atoms with Crippen molar-refractivity contribution in [2.45, 2.75) is 58.1 Å². The zero-order valence-corrected chi connectivity index (χ0v) is 21.3. The van der Waals surface area contributed by atoms with E-state index in [0.29, 0.717) is 29.8 Å². The summed E-state index contributed by atoms with van der Waals surface area (Å²) in [7, 11) is 0. The summed E-state index contributed by atoms with van der Waals surface area (Å²) in [5, 5.41) is 42.3. The maximum Gasteiger partial charge on any atom is 0.328 e. The number of hydrogen-bond acceptors (Lipinski definition) is 7. The molecule has 0 spiro atoms. The first kappa shape index (κ1) is 28.5. The van der Waals surface area contributed by atoms with E-state index in [1.54, 1.807) is 6.07 Å². The fourth-order valence-electron chi connectivity index (χ4n) is 4.83. The van der Waals surface area contributed by atoms with E-state index in [-0.39, 0.29) is 23.9 Å². The largest absolute Gasteiger partial charge is 0.506 e. The summed E-state index contributed by atoms with van der Waals surface area (Å²) in [5.74, 6) is -3.91. The van der Waals surface area contributed by atoms with Crippen LogP contribution in [0.2, 0.25) is 0 Å². The molecule has 0 aromatic heterocycles. The van der Waals surface area contributed by atoms with Gasteiger partial charge in [-0.3, -0.25) is 9.59 Å². The lowest BCUT2D eigenvalue weighted by Gasteiger charge is -2.24. The van der Waals surface area contributed by atoms with E-state index in [4.69, 9.17) is 10.2 Å². The van der Waals surface area contributed by atoms with E-state index in [2.05, 4.69) is 36.6 Å². The van der Waals surface area contributed by atoms with Gasteiger partial charge >= 0.3 is 11.9 Å². The van der Waals surface area contributed by atoms with Gasteiger partial charge in [0.15, 0.2) is 0 Å². The highest BCUT2D eigenvalue weighted by Gasteiger charge is 2.30. The molecule has 0 unspecified atom stereocenters. The molecule has 1 aliphatic heterocycles. The van der Waals surface area contributed by atoms with Gasteiger partial charge in [-0.15, -0.1) is 0 Å². The Morgan fingerprint density at radius 3 is 2.08 bits per heavy atom. The number of rotatable bonds is 8. The Hall–Kier alpha value is -4.02. The number of nitrogens with one attached hydrogen (secondary N) is 2. The zero-order chi connectivity index (χ0) is 28.0. The Kier molecular flexibility index (Phi) is 9.38. The third kappa shape index (κ3) is 6.84. The molecule has 6 N–H and O–H groups in total. The van der Waals surface area contributed by atoms with Crippen LogP contribution in [0.25, 0.3) is 0 Å². The number of carboxylic acid groups (broad SMARTS) is 2. The van der Waals surface area contributed by atoms with Crippen LogP contribution in [0.1, 0.15) is 53.3 Å². The Labute approximate surface area is 220 Å². The van der Waals surface area contributed by atoms with Crippen molar-refractivity contribution in [3.63, 3.8) is 0 Å². The van der Waals surface area contributed by atoms with Gasteiger partial charge in [0.05, 0.1) is 11.8 Å². The van der Waals surface area contributed by atoms with Crippen LogP contribution in [0.3, 0.4) is 0 Å². The topological polar surface area (TPSA) is 173 Å². The normalized spacial score (nSPS) is 15.3. The average molecular weight is 525 g/mol. The van der Waals surface area contributed by atoms with Crippen LogP contribution in [0.4, 0.5) is 5.69 Å². The van der Waals surface area contributed by atoms with Crippen LogP contribution < -0.4 is 10.6 Å². The minimum absolute atomic E-state index is 0.0977. The van der Waals surface area contributed by atoms with Crippen LogP contribution in [-0.4, -0.2) is 56.6 Å². The highest BCUT2D eigenvalue weighted by molar-refractivity contribution is 6.42. The van der Waals surface area contributed by atoms with Gasteiger partial charge in [0.25, 0.3) is 5.91 Å². The number of carbonyl (C=O) groups is 4. The number of aromatic hydroxyl groups is 1. The number of benzene rings is 2. The number of ketones is 1. The maximum atomic E-state index is 11.8. The Balaban J connectivity index is 0.000000436. The minimum atomic E-state index is -1.26. The lowest BCUT2D eigenvalue weighted by Crippen LogP contribution is -2.35. The minimum Gasteiger partial charge on any atom is -0.506 e. The number of amides is 1. The molecule has 0 bridgehead atoms. The fourth-order valence-corrected chi connectivity index (χ4v) is 4.83. The van der Waals surface area contributed by atoms with E-state index in [9.17, 15) is 29.4 Å². The molecule has 38 heavy (non-hydrogen) atoms. The van der Waals surface area contributed by atoms with Gasteiger partial charge in [-0.05, 0) is 65.1 Å². The van der Waals surface area contributed by atoms with Gasteiger partial charge in [-0.1, -0.05) is 32.0 Å². The molecule has 10 heteroatoms. The second-order valence-corrected chi connectivity index (χ2v) is 9.22. The van der Waals surface area contributed by atoms with Crippen molar-refractivity contribution in [1.82, 2.24) is 5.32 Å². The quantitative estimate of drug-likeness (QED) is 0.172. The van der Waals surface area contributed by atoms with E-state index in [1.807, 2.05) is 0 Å². The summed E-state index contributed by atoms with van der Waals surface area (Å²) in [4.78, 5) is 42.6. The van der Waals surface area contributed by atoms with Crippen LogP contribution in [0, 0.1) is 0 Å². The molecule has 2 aromatic carbocycles. The van der Waals surface area contributed by atoms with E-state index in [0.717, 1.165) is 25.7 Å². The highest BCUT2D eigenvalue weighted by atomic mass is 16.4. The third-order valence-electron chi connectivity index (χ3n) is 6.70. The van der Waals surface area contributed by atoms with Crippen LogP contribution in [-0.2, 0) is 51.3 Å². The van der Waals surface area contributed by atoms with Crippen molar-refractivity contribution in [3.8, 4) is 5.75 Å². The second-order valence-electron chi connectivity index (χ2n) is 9.22. The average Bonchev–Trinajstić information content (AvgIpc) is 3.28. The molecule has 0 radical (unpaired) electrons. The number of phenolic OH excluding ortho intramolecular Hbond substituents is 1. The van der Waals surface area contributed by atoms with Gasteiger partial charge in [-0.2, -0.15) is 0 Å². The Bertz CT molecular complexity index is 1240. The van der Waals surface area contributed by atoms with Gasteiger partial charge in [0.2, 0.25) is 5.78 Å². The van der Waals surface area contributed by atoms with Crippen molar-refractivity contribution < 1.29 is 39.6 Å². The van der Waals surface area contributed by atoms with E-state index < -0.39 is 29.7 Å². The first-order chi connectivity index (χ1) is 18.0. The number of aliphatic hydroxyl groups is 1. The molecule has 0 fully saturated rings. The van der Waals surface area contributed by atoms with Crippen molar-refractivity contribution in [3.05, 3.63) is 69.8 Å². The number of aliphatic carboxylic acids is 2. The number of Topliss-reactive ketones (excluding diaryl/α,β-unsaturated/α-hetero) is 1. The highest BCUT2D eigenvalue weighted by Crippen LogP contribution is 2.36. The van der Waals surface area contributed by atoms with Gasteiger partial charge < -0.3 is 31.1 Å². The maximum absolute atomic E-state index is 11.8. The fraction of sp³-hybridized carbons (Fsp3) is 0.357. The summed E-state index contributed by atoms with van der Waals surface area (Å²) in [6.07, 6.45) is 4.09. The number of aryl methyl sites for hydroxylation is 2. The number of carbonyl (C=O) groups excluding carboxylic acids is 2. The van der Waals surface area contributed by atoms with Crippen LogP contribution >= 0.6 is 0 Å². The number of carboxylic acids is 2. The number of phenols is 1. The molecule has 0 saturated heterocycles. The third-order valence-corrected chi connectivity index (χ3v) is 6.70. The van der Waals surface area contributed by atoms with E-state index >= 15 is 0 Å². The predicted molar refractivity (Wildman–Crippen MR) is 139 cm³/mol. The van der Waals surface area contributed by atoms with Gasteiger partial charge in [-0.25, -0.2) is 9.59 Å². The van der Waals surface area contributed by atoms with Gasteiger partial charge in [0.1, 0.15) is 5.75 Å². The van der Waals surface area contributed by atoms with Crippen molar-refractivity contribution in [2.24, 2.45) is 0 Å². The molecule has 4 rings (SSSR count). The predicted octanol–water partition coefficient (Wildman–Crippen LogP) is 2.08. The number of aliphatic hydroxyl groups excluding tert-OH is 1. The summed E-state index contributed by atoms with van der Waals surface area (Å²) in [6, 6.07) is 7.97.